The first kappa shape index (κ1) is 20.1. The van der Waals surface area contributed by atoms with E-state index in [4.69, 9.17) is 21.1 Å². The van der Waals surface area contributed by atoms with Gasteiger partial charge in [-0.25, -0.2) is 13.4 Å². The van der Waals surface area contributed by atoms with Crippen LogP contribution in [0.15, 0.2) is 47.5 Å². The van der Waals surface area contributed by atoms with E-state index in [0.29, 0.717) is 55.9 Å². The van der Waals surface area contributed by atoms with E-state index < -0.39 is 10.0 Å². The molecule has 2 aromatic rings. The predicted molar refractivity (Wildman–Crippen MR) is 106 cm³/mol. The maximum Gasteiger partial charge on any atom is 0.254 e. The molecule has 0 unspecified atom stereocenters. The number of rotatable bonds is 5. The number of likely N-dealkylation sites (tertiary alicyclic amines) is 1. The van der Waals surface area contributed by atoms with Crippen molar-refractivity contribution in [2.45, 2.75) is 11.0 Å². The first-order chi connectivity index (χ1) is 13.9. The van der Waals surface area contributed by atoms with Crippen molar-refractivity contribution in [1.82, 2.24) is 14.2 Å². The summed E-state index contributed by atoms with van der Waals surface area (Å²) in [7, 11) is -3.57. The molecule has 154 valence electrons. The number of nitrogens with zero attached hydrogens (tertiary/aromatic N) is 3. The normalized spacial score (nSPS) is 18.3. The molecule has 0 spiro atoms. The molecule has 2 aliphatic rings. The van der Waals surface area contributed by atoms with Gasteiger partial charge in [-0.2, -0.15) is 4.31 Å². The van der Waals surface area contributed by atoms with Gasteiger partial charge < -0.3 is 14.4 Å². The summed E-state index contributed by atoms with van der Waals surface area (Å²) in [6.07, 6.45) is 1.42. The van der Waals surface area contributed by atoms with Crippen LogP contribution in [0, 0.1) is 0 Å². The summed E-state index contributed by atoms with van der Waals surface area (Å²) in [4.78, 5) is 18.5. The number of carbonyl (C=O) groups is 1. The zero-order valence-electron chi connectivity index (χ0n) is 15.5. The van der Waals surface area contributed by atoms with Gasteiger partial charge in [0.15, 0.2) is 0 Å². The molecule has 0 radical (unpaired) electrons. The van der Waals surface area contributed by atoms with Crippen LogP contribution in [0.4, 0.5) is 0 Å². The van der Waals surface area contributed by atoms with Crippen LogP contribution in [0.5, 0.6) is 5.88 Å². The highest BCUT2D eigenvalue weighted by molar-refractivity contribution is 7.89. The Bertz CT molecular complexity index is 987. The Morgan fingerprint density at radius 3 is 2.48 bits per heavy atom. The van der Waals surface area contributed by atoms with E-state index in [1.165, 1.54) is 16.4 Å². The molecule has 29 heavy (non-hydrogen) atoms. The van der Waals surface area contributed by atoms with E-state index in [1.807, 2.05) is 0 Å². The number of aromatic nitrogens is 1. The van der Waals surface area contributed by atoms with E-state index in [2.05, 4.69) is 4.98 Å². The van der Waals surface area contributed by atoms with Crippen LogP contribution in [0.2, 0.25) is 5.02 Å². The van der Waals surface area contributed by atoms with Gasteiger partial charge in [0.05, 0.1) is 31.2 Å². The summed E-state index contributed by atoms with van der Waals surface area (Å²) < 4.78 is 37.6. The van der Waals surface area contributed by atoms with Gasteiger partial charge in [0.1, 0.15) is 11.1 Å². The highest BCUT2D eigenvalue weighted by Crippen LogP contribution is 2.25. The highest BCUT2D eigenvalue weighted by atomic mass is 35.5. The van der Waals surface area contributed by atoms with E-state index in [0.717, 1.165) is 0 Å². The smallest absolute Gasteiger partial charge is 0.254 e. The number of amides is 1. The molecule has 10 heteroatoms. The lowest BCUT2D eigenvalue weighted by molar-refractivity contribution is 0.0160. The average molecular weight is 438 g/mol. The van der Waals surface area contributed by atoms with Crippen LogP contribution in [0.25, 0.3) is 0 Å². The second kappa shape index (κ2) is 8.27. The van der Waals surface area contributed by atoms with Crippen molar-refractivity contribution < 1.29 is 22.7 Å². The summed E-state index contributed by atoms with van der Waals surface area (Å²) in [5, 5.41) is 0.425. The minimum atomic E-state index is -3.57. The molecule has 2 aliphatic heterocycles. The van der Waals surface area contributed by atoms with Crippen molar-refractivity contribution in [1.29, 1.82) is 0 Å². The van der Waals surface area contributed by atoms with E-state index >= 15 is 0 Å². The van der Waals surface area contributed by atoms with Crippen LogP contribution in [0.1, 0.15) is 10.4 Å². The van der Waals surface area contributed by atoms with E-state index in [1.54, 1.807) is 35.4 Å². The number of hydrogen-bond donors (Lipinski definition) is 0. The average Bonchev–Trinajstić information content (AvgIpc) is 2.72. The van der Waals surface area contributed by atoms with Gasteiger partial charge in [-0.3, -0.25) is 4.79 Å². The van der Waals surface area contributed by atoms with Gasteiger partial charge in [0, 0.05) is 24.8 Å². The van der Waals surface area contributed by atoms with E-state index in [9.17, 15) is 13.2 Å². The molecule has 8 nitrogen and oxygen atoms in total. The third-order valence-corrected chi connectivity index (χ3v) is 7.05. The molecule has 2 saturated heterocycles. The monoisotopic (exact) mass is 437 g/mol. The highest BCUT2D eigenvalue weighted by Gasteiger charge is 2.34. The Morgan fingerprint density at radius 2 is 1.83 bits per heavy atom. The van der Waals surface area contributed by atoms with Crippen LogP contribution in [0.3, 0.4) is 0 Å². The first-order valence-corrected chi connectivity index (χ1v) is 11.0. The molecule has 0 bridgehead atoms. The molecule has 1 aromatic heterocycles. The van der Waals surface area contributed by atoms with Crippen molar-refractivity contribution in [3.05, 3.63) is 53.2 Å². The van der Waals surface area contributed by atoms with Crippen LogP contribution >= 0.6 is 11.6 Å². The minimum absolute atomic E-state index is 0.172. The summed E-state index contributed by atoms with van der Waals surface area (Å²) in [5.74, 6) is 0.177. The molecule has 0 N–H and O–H groups in total. The zero-order chi connectivity index (χ0) is 20.4. The maximum atomic E-state index is 12.7. The molecular weight excluding hydrogens is 418 g/mol. The summed E-state index contributed by atoms with van der Waals surface area (Å²) in [6, 6.07) is 9.44. The van der Waals surface area contributed by atoms with Gasteiger partial charge in [0.25, 0.3) is 5.91 Å². The SMILES string of the molecule is O=C(c1ccc(S(=O)(=O)N2CCOCC2)cc1)N1CC(Oc2ncccc2Cl)C1. The number of benzene rings is 1. The second-order valence-corrected chi connectivity index (χ2v) is 9.13. The van der Waals surface area contributed by atoms with Crippen LogP contribution < -0.4 is 4.74 Å². The lowest BCUT2D eigenvalue weighted by Crippen LogP contribution is -2.56. The fourth-order valence-electron chi connectivity index (χ4n) is 3.18. The number of pyridine rings is 1. The lowest BCUT2D eigenvalue weighted by atomic mass is 10.1. The van der Waals surface area contributed by atoms with Crippen LogP contribution in [-0.2, 0) is 14.8 Å². The molecule has 0 aliphatic carbocycles. The third kappa shape index (κ3) is 4.23. The molecular formula is C19H20ClN3O5S. The second-order valence-electron chi connectivity index (χ2n) is 6.78. The molecule has 1 amide bonds. The standard InChI is InChI=1S/C19H20ClN3O5S/c20-17-2-1-7-21-18(17)28-15-12-22(13-15)19(24)14-3-5-16(6-4-14)29(25,26)23-8-10-27-11-9-23/h1-7,15H,8-13H2. The van der Waals surface area contributed by atoms with Crippen molar-refractivity contribution in [2.24, 2.45) is 0 Å². The third-order valence-electron chi connectivity index (χ3n) is 4.85. The Morgan fingerprint density at radius 1 is 1.14 bits per heavy atom. The number of halogens is 1. The Kier molecular flexibility index (Phi) is 5.73. The predicted octanol–water partition coefficient (Wildman–Crippen LogP) is 1.66. The fourth-order valence-corrected chi connectivity index (χ4v) is 4.76. The molecule has 1 aromatic carbocycles. The van der Waals surface area contributed by atoms with E-state index in [-0.39, 0.29) is 16.9 Å². The fraction of sp³-hybridized carbons (Fsp3) is 0.368. The van der Waals surface area contributed by atoms with Crippen molar-refractivity contribution in [3.8, 4) is 5.88 Å². The summed E-state index contributed by atoms with van der Waals surface area (Å²) in [5.41, 5.74) is 0.431. The Hall–Kier alpha value is -2.20. The number of carbonyl (C=O) groups excluding carboxylic acids is 1. The van der Waals surface area contributed by atoms with Gasteiger partial charge >= 0.3 is 0 Å². The van der Waals surface area contributed by atoms with Gasteiger partial charge in [-0.15, -0.1) is 0 Å². The minimum Gasteiger partial charge on any atom is -0.470 e. The van der Waals surface area contributed by atoms with Crippen LogP contribution in [-0.4, -0.2) is 74.0 Å². The lowest BCUT2D eigenvalue weighted by Gasteiger charge is -2.38. The van der Waals surface area contributed by atoms with Crippen molar-refractivity contribution in [2.75, 3.05) is 39.4 Å². The number of hydrogen-bond acceptors (Lipinski definition) is 6. The molecule has 0 saturated carbocycles. The van der Waals surface area contributed by atoms with Crippen molar-refractivity contribution in [3.63, 3.8) is 0 Å². The number of sulfonamides is 1. The molecule has 4 rings (SSSR count). The summed E-state index contributed by atoms with van der Waals surface area (Å²) in [6.45, 7) is 2.27. The Labute approximate surface area is 174 Å². The largest absolute Gasteiger partial charge is 0.470 e. The summed E-state index contributed by atoms with van der Waals surface area (Å²) >= 11 is 6.02. The van der Waals surface area contributed by atoms with Crippen molar-refractivity contribution >= 4 is 27.5 Å². The number of ether oxygens (including phenoxy) is 2. The first-order valence-electron chi connectivity index (χ1n) is 9.19. The maximum absolute atomic E-state index is 12.7. The molecule has 3 heterocycles. The quantitative estimate of drug-likeness (QED) is 0.706. The Balaban J connectivity index is 1.36. The topological polar surface area (TPSA) is 89.0 Å². The van der Waals surface area contributed by atoms with Gasteiger partial charge in [-0.1, -0.05) is 11.6 Å². The molecule has 2 fully saturated rings. The zero-order valence-corrected chi connectivity index (χ0v) is 17.1. The van der Waals surface area contributed by atoms with Gasteiger partial charge in [-0.05, 0) is 36.4 Å². The molecule has 0 atom stereocenters. The number of morpholine rings is 1. The van der Waals surface area contributed by atoms with Gasteiger partial charge in [0.2, 0.25) is 15.9 Å².